The molecule has 0 aliphatic carbocycles. The number of ether oxygens (including phenoxy) is 2. The van der Waals surface area contributed by atoms with Crippen molar-refractivity contribution in [2.75, 3.05) is 12.4 Å². The van der Waals surface area contributed by atoms with Crippen LogP contribution in [-0.2, 0) is 4.79 Å². The van der Waals surface area contributed by atoms with E-state index in [2.05, 4.69) is 5.32 Å². The normalized spacial score (nSPS) is 11.3. The van der Waals surface area contributed by atoms with Crippen molar-refractivity contribution in [3.8, 4) is 11.5 Å². The molecule has 0 saturated carbocycles. The summed E-state index contributed by atoms with van der Waals surface area (Å²) in [6.45, 7) is 0. The van der Waals surface area contributed by atoms with Crippen molar-refractivity contribution < 1.29 is 19.2 Å². The highest BCUT2D eigenvalue weighted by atomic mass is 16.6. The van der Waals surface area contributed by atoms with Crippen molar-refractivity contribution >= 4 is 17.3 Å². The smallest absolute Gasteiger partial charge is 0.270 e. The molecule has 0 heterocycles. The largest absolute Gasteiger partial charge is 0.497 e. The van der Waals surface area contributed by atoms with Crippen LogP contribution in [0.15, 0.2) is 78.9 Å². The van der Waals surface area contributed by atoms with Gasteiger partial charge in [-0.3, -0.25) is 14.9 Å². The zero-order valence-corrected chi connectivity index (χ0v) is 15.1. The number of nitrogens with one attached hydrogen (secondary N) is 1. The molecule has 7 nitrogen and oxygen atoms in total. The lowest BCUT2D eigenvalue weighted by Crippen LogP contribution is -2.25. The van der Waals surface area contributed by atoms with Crippen LogP contribution in [0, 0.1) is 10.1 Å². The first kappa shape index (κ1) is 18.9. The number of non-ortho nitro benzene ring substituents is 1. The van der Waals surface area contributed by atoms with E-state index < -0.39 is 11.0 Å². The molecule has 3 aromatic rings. The SMILES string of the molecule is COc1cccc(NC(=O)[C@H](Oc2ccc([N+](=O)[O-])cc2)c2ccccc2)c1. The Hall–Kier alpha value is -3.87. The molecule has 1 N–H and O–H groups in total. The molecule has 3 aromatic carbocycles. The molecule has 0 radical (unpaired) electrons. The van der Waals surface area contributed by atoms with E-state index in [0.717, 1.165) is 0 Å². The van der Waals surface area contributed by atoms with Crippen LogP contribution in [0.2, 0.25) is 0 Å². The Kier molecular flexibility index (Phi) is 5.86. The highest BCUT2D eigenvalue weighted by Gasteiger charge is 2.23. The number of methoxy groups -OCH3 is 1. The molecule has 7 heteroatoms. The Labute approximate surface area is 161 Å². The highest BCUT2D eigenvalue weighted by Crippen LogP contribution is 2.26. The van der Waals surface area contributed by atoms with Crippen LogP contribution in [0.5, 0.6) is 11.5 Å². The maximum atomic E-state index is 12.9. The van der Waals surface area contributed by atoms with E-state index in [-0.39, 0.29) is 11.6 Å². The summed E-state index contributed by atoms with van der Waals surface area (Å²) in [5, 5.41) is 13.6. The number of hydrogen-bond donors (Lipinski definition) is 1. The Morgan fingerprint density at radius 1 is 0.964 bits per heavy atom. The van der Waals surface area contributed by atoms with E-state index in [1.165, 1.54) is 24.3 Å². The van der Waals surface area contributed by atoms with Crippen LogP contribution in [0.3, 0.4) is 0 Å². The predicted octanol–water partition coefficient (Wildman–Crippen LogP) is 4.36. The van der Waals surface area contributed by atoms with Gasteiger partial charge in [-0.2, -0.15) is 0 Å². The summed E-state index contributed by atoms with van der Waals surface area (Å²) in [7, 11) is 1.55. The van der Waals surface area contributed by atoms with Crippen molar-refractivity contribution in [2.24, 2.45) is 0 Å². The number of carbonyl (C=O) groups is 1. The van der Waals surface area contributed by atoms with Gasteiger partial charge in [0.15, 0.2) is 0 Å². The van der Waals surface area contributed by atoms with Crippen LogP contribution in [-0.4, -0.2) is 17.9 Å². The van der Waals surface area contributed by atoms with Gasteiger partial charge in [0.1, 0.15) is 11.5 Å². The molecule has 0 aliphatic rings. The van der Waals surface area contributed by atoms with Crippen molar-refractivity contribution in [3.05, 3.63) is 94.5 Å². The van der Waals surface area contributed by atoms with Crippen LogP contribution < -0.4 is 14.8 Å². The third kappa shape index (κ3) is 4.64. The number of nitro groups is 1. The monoisotopic (exact) mass is 378 g/mol. The first-order valence-corrected chi connectivity index (χ1v) is 8.48. The molecular formula is C21H18N2O5. The van der Waals surface area contributed by atoms with Crippen molar-refractivity contribution in [1.82, 2.24) is 0 Å². The summed E-state index contributed by atoms with van der Waals surface area (Å²) >= 11 is 0. The number of nitrogens with zero attached hydrogens (tertiary/aromatic N) is 1. The van der Waals surface area contributed by atoms with E-state index in [0.29, 0.717) is 22.7 Å². The van der Waals surface area contributed by atoms with Gasteiger partial charge in [0.25, 0.3) is 11.6 Å². The van der Waals surface area contributed by atoms with E-state index in [9.17, 15) is 14.9 Å². The van der Waals surface area contributed by atoms with Gasteiger partial charge < -0.3 is 14.8 Å². The third-order valence-electron chi connectivity index (χ3n) is 3.98. The highest BCUT2D eigenvalue weighted by molar-refractivity contribution is 5.95. The quantitative estimate of drug-likeness (QED) is 0.487. The fourth-order valence-electron chi connectivity index (χ4n) is 2.59. The number of carbonyl (C=O) groups excluding carboxylic acids is 1. The summed E-state index contributed by atoms with van der Waals surface area (Å²) in [5.74, 6) is 0.586. The number of benzene rings is 3. The second-order valence-electron chi connectivity index (χ2n) is 5.88. The molecule has 0 unspecified atom stereocenters. The van der Waals surface area contributed by atoms with Crippen LogP contribution >= 0.6 is 0 Å². The number of hydrogen-bond acceptors (Lipinski definition) is 5. The minimum atomic E-state index is -0.936. The van der Waals surface area contributed by atoms with Crippen molar-refractivity contribution in [1.29, 1.82) is 0 Å². The molecule has 0 saturated heterocycles. The molecule has 0 aromatic heterocycles. The number of nitro benzene ring substituents is 1. The van der Waals surface area contributed by atoms with Crippen LogP contribution in [0.4, 0.5) is 11.4 Å². The fourth-order valence-corrected chi connectivity index (χ4v) is 2.59. The second-order valence-corrected chi connectivity index (χ2v) is 5.88. The minimum absolute atomic E-state index is 0.0514. The summed E-state index contributed by atoms with van der Waals surface area (Å²) < 4.78 is 11.0. The Bertz CT molecular complexity index is 958. The molecule has 0 spiro atoms. The van der Waals surface area contributed by atoms with Gasteiger partial charge in [-0.25, -0.2) is 0 Å². The Morgan fingerprint density at radius 2 is 1.68 bits per heavy atom. The lowest BCUT2D eigenvalue weighted by Gasteiger charge is -2.19. The lowest BCUT2D eigenvalue weighted by atomic mass is 10.1. The number of anilines is 1. The molecule has 3 rings (SSSR count). The summed E-state index contributed by atoms with van der Waals surface area (Å²) in [6.07, 6.45) is -0.936. The average molecular weight is 378 g/mol. The van der Waals surface area contributed by atoms with E-state index in [4.69, 9.17) is 9.47 Å². The molecule has 0 fully saturated rings. The molecule has 1 atom stereocenters. The van der Waals surface area contributed by atoms with E-state index in [1.54, 1.807) is 55.6 Å². The van der Waals surface area contributed by atoms with Gasteiger partial charge in [0, 0.05) is 29.4 Å². The van der Waals surface area contributed by atoms with Gasteiger partial charge in [-0.05, 0) is 24.3 Å². The van der Waals surface area contributed by atoms with Crippen molar-refractivity contribution in [2.45, 2.75) is 6.10 Å². The third-order valence-corrected chi connectivity index (χ3v) is 3.98. The molecule has 0 aliphatic heterocycles. The van der Waals surface area contributed by atoms with Gasteiger partial charge in [-0.15, -0.1) is 0 Å². The molecular weight excluding hydrogens is 360 g/mol. The van der Waals surface area contributed by atoms with Crippen LogP contribution in [0.25, 0.3) is 0 Å². The molecule has 1 amide bonds. The summed E-state index contributed by atoms with van der Waals surface area (Å²) in [5.41, 5.74) is 1.17. The first-order valence-electron chi connectivity index (χ1n) is 8.48. The maximum absolute atomic E-state index is 12.9. The zero-order valence-electron chi connectivity index (χ0n) is 15.1. The molecule has 142 valence electrons. The summed E-state index contributed by atoms with van der Waals surface area (Å²) in [4.78, 5) is 23.2. The average Bonchev–Trinajstić information content (AvgIpc) is 2.73. The van der Waals surface area contributed by atoms with Gasteiger partial charge >= 0.3 is 0 Å². The number of rotatable bonds is 7. The topological polar surface area (TPSA) is 90.7 Å². The zero-order chi connectivity index (χ0) is 19.9. The van der Waals surface area contributed by atoms with Gasteiger partial charge in [0.05, 0.1) is 12.0 Å². The molecule has 0 bridgehead atoms. The van der Waals surface area contributed by atoms with E-state index in [1.807, 2.05) is 6.07 Å². The number of amides is 1. The van der Waals surface area contributed by atoms with Crippen molar-refractivity contribution in [3.63, 3.8) is 0 Å². The Balaban J connectivity index is 1.84. The first-order chi connectivity index (χ1) is 13.6. The Morgan fingerprint density at radius 3 is 2.32 bits per heavy atom. The lowest BCUT2D eigenvalue weighted by molar-refractivity contribution is -0.384. The van der Waals surface area contributed by atoms with E-state index >= 15 is 0 Å². The van der Waals surface area contributed by atoms with Gasteiger partial charge in [-0.1, -0.05) is 36.4 Å². The maximum Gasteiger partial charge on any atom is 0.270 e. The van der Waals surface area contributed by atoms with Gasteiger partial charge in [0.2, 0.25) is 6.10 Å². The molecule has 28 heavy (non-hydrogen) atoms. The second kappa shape index (κ2) is 8.68. The fraction of sp³-hybridized carbons (Fsp3) is 0.0952. The van der Waals surface area contributed by atoms with Crippen LogP contribution in [0.1, 0.15) is 11.7 Å². The summed E-state index contributed by atoms with van der Waals surface area (Å²) in [6, 6.07) is 21.6. The standard InChI is InChI=1S/C21H18N2O5/c1-27-19-9-5-8-16(14-19)22-21(24)20(15-6-3-2-4-7-15)28-18-12-10-17(11-13-18)23(25)26/h2-14,20H,1H3,(H,22,24)/t20-/m1/s1. The minimum Gasteiger partial charge on any atom is -0.497 e. The predicted molar refractivity (Wildman–Crippen MR) is 105 cm³/mol.